The van der Waals surface area contributed by atoms with Gasteiger partial charge in [-0.2, -0.15) is 0 Å². The summed E-state index contributed by atoms with van der Waals surface area (Å²) in [6.07, 6.45) is 2.14. The molecule has 2 N–H and O–H groups in total. The first kappa shape index (κ1) is 11.1. The summed E-state index contributed by atoms with van der Waals surface area (Å²) < 4.78 is 4.69. The maximum absolute atomic E-state index is 11.1. The lowest BCUT2D eigenvalue weighted by atomic mass is 10.3. The van der Waals surface area contributed by atoms with Crippen LogP contribution in [-0.2, 0) is 9.53 Å². The number of ether oxygens (including phenoxy) is 1. The highest BCUT2D eigenvalue weighted by Gasteiger charge is 2.43. The average Bonchev–Trinajstić information content (AvgIpc) is 2.92. The van der Waals surface area contributed by atoms with Gasteiger partial charge in [0.15, 0.2) is 0 Å². The summed E-state index contributed by atoms with van der Waals surface area (Å²) in [4.78, 5) is 21.3. The van der Waals surface area contributed by atoms with Gasteiger partial charge in [0.1, 0.15) is 12.1 Å². The van der Waals surface area contributed by atoms with Crippen LogP contribution in [0.3, 0.4) is 0 Å². The Bertz CT molecular complexity index is 346. The molecule has 0 spiro atoms. The third kappa shape index (κ3) is 3.73. The summed E-state index contributed by atoms with van der Waals surface area (Å²) in [5.74, 6) is 3.27. The van der Waals surface area contributed by atoms with Gasteiger partial charge in [-0.05, 0) is 12.8 Å². The van der Waals surface area contributed by atoms with Gasteiger partial charge in [0.2, 0.25) is 0 Å². The van der Waals surface area contributed by atoms with Gasteiger partial charge in [-0.15, -0.1) is 0 Å². The van der Waals surface area contributed by atoms with Crippen LogP contribution in [0.2, 0.25) is 0 Å². The number of carbonyl (C=O) groups excluding carboxylic acids is 1. The third-order valence-electron chi connectivity index (χ3n) is 1.83. The molecule has 1 amide bonds. The lowest BCUT2D eigenvalue weighted by Gasteiger charge is -2.09. The second-order valence-corrected chi connectivity index (χ2v) is 3.15. The van der Waals surface area contributed by atoms with E-state index in [1.54, 1.807) is 0 Å². The molecular formula is C10H11NO4. The van der Waals surface area contributed by atoms with E-state index >= 15 is 0 Å². The summed E-state index contributed by atoms with van der Waals surface area (Å²) >= 11 is 0. The smallest absolute Gasteiger partial charge is 0.408 e. The number of rotatable bonds is 3. The van der Waals surface area contributed by atoms with Gasteiger partial charge in [-0.1, -0.05) is 18.6 Å². The minimum Gasteiger partial charge on any atom is -0.472 e. The zero-order valence-electron chi connectivity index (χ0n) is 8.08. The second kappa shape index (κ2) is 4.51. The molecule has 0 aromatic carbocycles. The van der Waals surface area contributed by atoms with Gasteiger partial charge in [0, 0.05) is 5.92 Å². The fourth-order valence-corrected chi connectivity index (χ4v) is 0.945. The Morgan fingerprint density at radius 3 is 2.73 bits per heavy atom. The summed E-state index contributed by atoms with van der Waals surface area (Å²) in [5.41, 5.74) is -0.698. The minimum absolute atomic E-state index is 0.119. The van der Waals surface area contributed by atoms with Crippen molar-refractivity contribution in [2.45, 2.75) is 18.4 Å². The number of nitrogens with one attached hydrogen (secondary N) is 1. The van der Waals surface area contributed by atoms with Crippen LogP contribution >= 0.6 is 0 Å². The van der Waals surface area contributed by atoms with E-state index in [2.05, 4.69) is 17.8 Å². The molecule has 5 nitrogen and oxygen atoms in total. The molecule has 0 radical (unpaired) electrons. The van der Waals surface area contributed by atoms with Crippen LogP contribution in [0.4, 0.5) is 4.79 Å². The molecule has 0 heterocycles. The molecule has 80 valence electrons. The topological polar surface area (TPSA) is 75.6 Å². The zero-order chi connectivity index (χ0) is 11.3. The normalized spacial score (nSPS) is 15.5. The molecule has 0 aromatic heterocycles. The summed E-state index contributed by atoms with van der Waals surface area (Å²) in [6.45, 7) is 3.51. The molecule has 0 aromatic rings. The molecule has 0 unspecified atom stereocenters. The number of carboxylic acids is 1. The summed E-state index contributed by atoms with van der Waals surface area (Å²) in [7, 11) is 0. The van der Waals surface area contributed by atoms with E-state index in [0.29, 0.717) is 12.8 Å². The van der Waals surface area contributed by atoms with Crippen LogP contribution < -0.4 is 5.32 Å². The van der Waals surface area contributed by atoms with Crippen LogP contribution in [0, 0.1) is 11.8 Å². The molecule has 1 fully saturated rings. The quantitative estimate of drug-likeness (QED) is 0.524. The number of carboxylic acid groups (broad SMARTS) is 1. The number of hydrogen-bond donors (Lipinski definition) is 2. The van der Waals surface area contributed by atoms with Crippen molar-refractivity contribution in [1.29, 1.82) is 0 Å². The molecule has 0 aliphatic heterocycles. The predicted octanol–water partition coefficient (Wildman–Crippen LogP) is 0.519. The van der Waals surface area contributed by atoms with E-state index in [0.717, 1.165) is 0 Å². The van der Waals surface area contributed by atoms with Gasteiger partial charge in [0.25, 0.3) is 0 Å². The lowest BCUT2D eigenvalue weighted by Crippen LogP contribution is -2.36. The van der Waals surface area contributed by atoms with Gasteiger partial charge < -0.3 is 15.2 Å². The Hall–Kier alpha value is -1.96. The minimum atomic E-state index is -1.21. The Labute approximate surface area is 87.1 Å². The van der Waals surface area contributed by atoms with Crippen molar-refractivity contribution in [2.24, 2.45) is 0 Å². The fraction of sp³-hybridized carbons (Fsp3) is 0.400. The van der Waals surface area contributed by atoms with Crippen molar-refractivity contribution >= 4 is 12.1 Å². The van der Waals surface area contributed by atoms with E-state index in [-0.39, 0.29) is 6.61 Å². The molecule has 1 saturated carbocycles. The lowest BCUT2D eigenvalue weighted by molar-refractivity contribution is -0.130. The van der Waals surface area contributed by atoms with Crippen molar-refractivity contribution in [3.05, 3.63) is 12.7 Å². The fourth-order valence-electron chi connectivity index (χ4n) is 0.945. The third-order valence-corrected chi connectivity index (χ3v) is 1.83. The molecule has 1 aliphatic carbocycles. The Morgan fingerprint density at radius 2 is 2.27 bits per heavy atom. The predicted molar refractivity (Wildman–Crippen MR) is 52.1 cm³/mol. The maximum Gasteiger partial charge on any atom is 0.408 e. The van der Waals surface area contributed by atoms with Crippen molar-refractivity contribution in [2.75, 3.05) is 6.61 Å². The SMILES string of the molecule is C=CCOC(=O)NC1(C#CC(=O)O)CC1. The van der Waals surface area contributed by atoms with Crippen molar-refractivity contribution in [1.82, 2.24) is 5.32 Å². The number of carbonyl (C=O) groups is 2. The Balaban J connectivity index is 2.44. The van der Waals surface area contributed by atoms with E-state index in [4.69, 9.17) is 9.84 Å². The Morgan fingerprint density at radius 1 is 1.60 bits per heavy atom. The zero-order valence-corrected chi connectivity index (χ0v) is 8.08. The van der Waals surface area contributed by atoms with Gasteiger partial charge in [-0.3, -0.25) is 0 Å². The number of aliphatic carboxylic acids is 1. The number of amides is 1. The van der Waals surface area contributed by atoms with Crippen LogP contribution in [0.5, 0.6) is 0 Å². The summed E-state index contributed by atoms with van der Waals surface area (Å²) in [5, 5.41) is 10.9. The first-order chi connectivity index (χ1) is 7.08. The van der Waals surface area contributed by atoms with Crippen molar-refractivity contribution < 1.29 is 19.4 Å². The first-order valence-corrected chi connectivity index (χ1v) is 4.40. The summed E-state index contributed by atoms with van der Waals surface area (Å²) in [6, 6.07) is 0. The molecule has 0 saturated heterocycles. The van der Waals surface area contributed by atoms with Gasteiger partial charge in [-0.25, -0.2) is 9.59 Å². The number of alkyl carbamates (subject to hydrolysis) is 1. The van der Waals surface area contributed by atoms with Gasteiger partial charge >= 0.3 is 12.1 Å². The molecule has 5 heteroatoms. The van der Waals surface area contributed by atoms with E-state index in [1.807, 2.05) is 5.92 Å². The van der Waals surface area contributed by atoms with Crippen LogP contribution in [-0.4, -0.2) is 29.3 Å². The van der Waals surface area contributed by atoms with Crippen LogP contribution in [0.15, 0.2) is 12.7 Å². The molecule has 0 bridgehead atoms. The molecular weight excluding hydrogens is 198 g/mol. The maximum atomic E-state index is 11.1. The second-order valence-electron chi connectivity index (χ2n) is 3.15. The standard InChI is InChI=1S/C10H11NO4/c1-2-7-15-9(14)11-10(5-6-10)4-3-8(12)13/h2H,1,5-7H2,(H,11,14)(H,12,13). The monoisotopic (exact) mass is 209 g/mol. The molecule has 1 aliphatic rings. The molecule has 0 atom stereocenters. The Kier molecular flexibility index (Phi) is 3.34. The van der Waals surface area contributed by atoms with Crippen molar-refractivity contribution in [3.63, 3.8) is 0 Å². The average molecular weight is 209 g/mol. The van der Waals surface area contributed by atoms with Gasteiger partial charge in [0.05, 0.1) is 0 Å². The van der Waals surface area contributed by atoms with E-state index < -0.39 is 17.6 Å². The largest absolute Gasteiger partial charge is 0.472 e. The molecule has 1 rings (SSSR count). The highest BCUT2D eigenvalue weighted by atomic mass is 16.5. The van der Waals surface area contributed by atoms with E-state index in [1.165, 1.54) is 6.08 Å². The first-order valence-electron chi connectivity index (χ1n) is 4.40. The highest BCUT2D eigenvalue weighted by molar-refractivity contribution is 5.87. The number of hydrogen-bond acceptors (Lipinski definition) is 3. The van der Waals surface area contributed by atoms with Crippen LogP contribution in [0.1, 0.15) is 12.8 Å². The highest BCUT2D eigenvalue weighted by Crippen LogP contribution is 2.34. The van der Waals surface area contributed by atoms with Crippen LogP contribution in [0.25, 0.3) is 0 Å². The van der Waals surface area contributed by atoms with Crippen molar-refractivity contribution in [3.8, 4) is 11.8 Å². The molecule has 15 heavy (non-hydrogen) atoms. The van der Waals surface area contributed by atoms with E-state index in [9.17, 15) is 9.59 Å².